The summed E-state index contributed by atoms with van der Waals surface area (Å²) >= 11 is 0. The lowest BCUT2D eigenvalue weighted by Crippen LogP contribution is -2.13. The maximum atomic E-state index is 6.24. The molecule has 4 rings (SSSR count). The molecule has 0 amide bonds. The molecule has 25 heavy (non-hydrogen) atoms. The number of aromatic nitrogens is 2. The number of nitrogens with zero attached hydrogens (tertiary/aromatic N) is 1. The monoisotopic (exact) mass is 329 g/mol. The molecule has 0 fully saturated rings. The first kappa shape index (κ1) is 15.3. The van der Waals surface area contributed by atoms with Crippen molar-refractivity contribution in [2.75, 3.05) is 5.73 Å². The maximum absolute atomic E-state index is 6.24. The van der Waals surface area contributed by atoms with Gasteiger partial charge in [-0.15, -0.1) is 0 Å². The smallest absolute Gasteiger partial charge is 0.160 e. The molecule has 0 saturated heterocycles. The molecule has 3 N–H and O–H groups in total. The summed E-state index contributed by atoms with van der Waals surface area (Å²) in [5.74, 6) is 1.55. The van der Waals surface area contributed by atoms with Crippen LogP contribution in [0.3, 0.4) is 0 Å². The molecule has 3 aromatic carbocycles. The Bertz CT molecular complexity index is 946. The number of H-pyrrole nitrogens is 1. The molecule has 0 bridgehead atoms. The number of anilines is 1. The second-order valence-electron chi connectivity index (χ2n) is 6.01. The van der Waals surface area contributed by atoms with Crippen LogP contribution in [0, 0.1) is 0 Å². The summed E-state index contributed by atoms with van der Waals surface area (Å²) < 4.78 is 6.24. The third kappa shape index (κ3) is 3.48. The number of rotatable bonds is 5. The van der Waals surface area contributed by atoms with E-state index in [-0.39, 0.29) is 6.10 Å². The van der Waals surface area contributed by atoms with E-state index in [2.05, 4.69) is 17.1 Å². The van der Waals surface area contributed by atoms with Crippen molar-refractivity contribution in [1.29, 1.82) is 0 Å². The minimum absolute atomic E-state index is 0.225. The van der Waals surface area contributed by atoms with Crippen LogP contribution in [0.5, 0.6) is 5.75 Å². The van der Waals surface area contributed by atoms with Crippen LogP contribution < -0.4 is 10.5 Å². The average Bonchev–Trinajstić information content (AvgIpc) is 3.06. The highest BCUT2D eigenvalue weighted by Gasteiger charge is 2.19. The van der Waals surface area contributed by atoms with Gasteiger partial charge in [-0.1, -0.05) is 48.5 Å². The lowest BCUT2D eigenvalue weighted by Gasteiger charge is -2.18. The van der Waals surface area contributed by atoms with Gasteiger partial charge < -0.3 is 15.5 Å². The van der Waals surface area contributed by atoms with E-state index in [9.17, 15) is 0 Å². The van der Waals surface area contributed by atoms with Crippen molar-refractivity contribution in [3.8, 4) is 5.75 Å². The normalized spacial score (nSPS) is 12.2. The Balaban J connectivity index is 1.69. The summed E-state index contributed by atoms with van der Waals surface area (Å²) in [6, 6.07) is 25.8. The topological polar surface area (TPSA) is 63.9 Å². The van der Waals surface area contributed by atoms with Gasteiger partial charge in [0.25, 0.3) is 0 Å². The van der Waals surface area contributed by atoms with Crippen molar-refractivity contribution in [2.24, 2.45) is 0 Å². The van der Waals surface area contributed by atoms with E-state index in [1.54, 1.807) is 0 Å². The van der Waals surface area contributed by atoms with Gasteiger partial charge in [-0.2, -0.15) is 0 Å². The Hall–Kier alpha value is -3.27. The first-order chi connectivity index (χ1) is 12.3. The van der Waals surface area contributed by atoms with Crippen LogP contribution in [0.1, 0.15) is 17.5 Å². The lowest BCUT2D eigenvalue weighted by molar-refractivity contribution is 0.197. The molecule has 1 heterocycles. The van der Waals surface area contributed by atoms with Gasteiger partial charge in [0.1, 0.15) is 11.6 Å². The summed E-state index contributed by atoms with van der Waals surface area (Å²) in [6.45, 7) is 0. The molecule has 124 valence electrons. The summed E-state index contributed by atoms with van der Waals surface area (Å²) in [5, 5.41) is 0. The zero-order valence-corrected chi connectivity index (χ0v) is 13.7. The van der Waals surface area contributed by atoms with Crippen LogP contribution in [-0.4, -0.2) is 9.97 Å². The molecule has 0 radical (unpaired) electrons. The number of hydrogen-bond acceptors (Lipinski definition) is 3. The summed E-state index contributed by atoms with van der Waals surface area (Å²) in [5.41, 5.74) is 9.70. The first-order valence-electron chi connectivity index (χ1n) is 8.29. The van der Waals surface area contributed by atoms with E-state index in [4.69, 9.17) is 15.5 Å². The quantitative estimate of drug-likeness (QED) is 0.530. The molecule has 0 saturated carbocycles. The third-order valence-electron chi connectivity index (χ3n) is 4.11. The summed E-state index contributed by atoms with van der Waals surface area (Å²) in [4.78, 5) is 8.10. The van der Waals surface area contributed by atoms with E-state index in [0.29, 0.717) is 5.69 Å². The van der Waals surface area contributed by atoms with Crippen LogP contribution in [0.2, 0.25) is 0 Å². The van der Waals surface area contributed by atoms with Gasteiger partial charge >= 0.3 is 0 Å². The first-order valence-corrected chi connectivity index (χ1v) is 8.29. The predicted molar refractivity (Wildman–Crippen MR) is 100 cm³/mol. The molecule has 4 heteroatoms. The van der Waals surface area contributed by atoms with E-state index >= 15 is 0 Å². The Morgan fingerprint density at radius 3 is 2.52 bits per heavy atom. The van der Waals surface area contributed by atoms with Crippen LogP contribution in [-0.2, 0) is 6.42 Å². The number of nitrogens with one attached hydrogen (secondary N) is 1. The molecule has 1 unspecified atom stereocenters. The van der Waals surface area contributed by atoms with Crippen molar-refractivity contribution in [1.82, 2.24) is 9.97 Å². The SMILES string of the molecule is Nc1cccc(OC(Cc2ccccc2)c2nc3ccccc3[nH]2)c1. The van der Waals surface area contributed by atoms with Crippen LogP contribution in [0.15, 0.2) is 78.9 Å². The van der Waals surface area contributed by atoms with E-state index in [0.717, 1.165) is 29.0 Å². The van der Waals surface area contributed by atoms with Gasteiger partial charge in [0.15, 0.2) is 6.10 Å². The Morgan fingerprint density at radius 1 is 0.920 bits per heavy atom. The highest BCUT2D eigenvalue weighted by molar-refractivity contribution is 5.74. The fraction of sp³-hybridized carbons (Fsp3) is 0.0952. The minimum Gasteiger partial charge on any atom is -0.482 e. The van der Waals surface area contributed by atoms with Crippen molar-refractivity contribution in [3.05, 3.63) is 90.3 Å². The van der Waals surface area contributed by atoms with Crippen LogP contribution in [0.4, 0.5) is 5.69 Å². The van der Waals surface area contributed by atoms with Gasteiger partial charge in [0.05, 0.1) is 11.0 Å². The van der Waals surface area contributed by atoms with Gasteiger partial charge in [0.2, 0.25) is 0 Å². The number of fused-ring (bicyclic) bond motifs is 1. The van der Waals surface area contributed by atoms with Crippen molar-refractivity contribution < 1.29 is 4.74 Å². The van der Waals surface area contributed by atoms with E-state index < -0.39 is 0 Å². The minimum atomic E-state index is -0.225. The molecule has 0 aliphatic rings. The van der Waals surface area contributed by atoms with Gasteiger partial charge in [-0.25, -0.2) is 4.98 Å². The number of ether oxygens (including phenoxy) is 1. The molecule has 0 spiro atoms. The zero-order valence-electron chi connectivity index (χ0n) is 13.7. The molecule has 4 aromatic rings. The fourth-order valence-electron chi connectivity index (χ4n) is 2.90. The number of aromatic amines is 1. The van der Waals surface area contributed by atoms with Crippen molar-refractivity contribution >= 4 is 16.7 Å². The molecule has 1 aromatic heterocycles. The Kier molecular flexibility index (Phi) is 4.09. The second-order valence-corrected chi connectivity index (χ2v) is 6.01. The molecular formula is C21H19N3O. The number of nitrogen functional groups attached to an aromatic ring is 1. The number of benzene rings is 3. The molecule has 4 nitrogen and oxygen atoms in total. The number of nitrogens with two attached hydrogens (primary N) is 1. The maximum Gasteiger partial charge on any atom is 0.160 e. The van der Waals surface area contributed by atoms with Crippen LogP contribution in [0.25, 0.3) is 11.0 Å². The van der Waals surface area contributed by atoms with Gasteiger partial charge in [-0.3, -0.25) is 0 Å². The van der Waals surface area contributed by atoms with Crippen LogP contribution >= 0.6 is 0 Å². The fourth-order valence-corrected chi connectivity index (χ4v) is 2.90. The zero-order chi connectivity index (χ0) is 17.1. The lowest BCUT2D eigenvalue weighted by atomic mass is 10.1. The molecule has 1 atom stereocenters. The summed E-state index contributed by atoms with van der Waals surface area (Å²) in [6.07, 6.45) is 0.492. The average molecular weight is 329 g/mol. The van der Waals surface area contributed by atoms with Gasteiger partial charge in [0, 0.05) is 18.2 Å². The highest BCUT2D eigenvalue weighted by Crippen LogP contribution is 2.26. The van der Waals surface area contributed by atoms with Gasteiger partial charge in [-0.05, 0) is 29.8 Å². The number of para-hydroxylation sites is 2. The number of hydrogen-bond donors (Lipinski definition) is 2. The standard InChI is InChI=1S/C21H19N3O/c22-16-9-6-10-17(14-16)25-20(13-15-7-2-1-3-8-15)21-23-18-11-4-5-12-19(18)24-21/h1-12,14,20H,13,22H2,(H,23,24). The Labute approximate surface area is 146 Å². The number of imidazole rings is 1. The molecule has 0 aliphatic carbocycles. The summed E-state index contributed by atoms with van der Waals surface area (Å²) in [7, 11) is 0. The van der Waals surface area contributed by atoms with E-state index in [1.165, 1.54) is 5.56 Å². The van der Waals surface area contributed by atoms with Crippen molar-refractivity contribution in [3.63, 3.8) is 0 Å². The largest absolute Gasteiger partial charge is 0.482 e. The molecular weight excluding hydrogens is 310 g/mol. The predicted octanol–water partition coefficient (Wildman–Crippen LogP) is 4.51. The Morgan fingerprint density at radius 2 is 1.72 bits per heavy atom. The second kappa shape index (κ2) is 6.69. The van der Waals surface area contributed by atoms with Crippen molar-refractivity contribution in [2.45, 2.75) is 12.5 Å². The molecule has 0 aliphatic heterocycles. The highest BCUT2D eigenvalue weighted by atomic mass is 16.5. The van der Waals surface area contributed by atoms with E-state index in [1.807, 2.05) is 66.7 Å². The third-order valence-corrected chi connectivity index (χ3v) is 4.11.